The zero-order valence-electron chi connectivity index (χ0n) is 10.6. The van der Waals surface area contributed by atoms with E-state index in [0.29, 0.717) is 12.0 Å². The van der Waals surface area contributed by atoms with Crippen molar-refractivity contribution in [2.45, 2.75) is 46.2 Å². The summed E-state index contributed by atoms with van der Waals surface area (Å²) in [5.74, 6) is 1.65. The number of imidazole rings is 1. The van der Waals surface area contributed by atoms with Gasteiger partial charge in [-0.15, -0.1) is 6.58 Å². The molecule has 0 aliphatic heterocycles. The Morgan fingerprint density at radius 2 is 2.19 bits per heavy atom. The van der Waals surface area contributed by atoms with Crippen molar-refractivity contribution in [3.63, 3.8) is 0 Å². The lowest BCUT2D eigenvalue weighted by Gasteiger charge is -2.23. The maximum atomic E-state index is 4.33. The molecule has 0 aliphatic rings. The Balaban J connectivity index is 2.64. The van der Waals surface area contributed by atoms with Crippen LogP contribution >= 0.6 is 0 Å². The van der Waals surface area contributed by atoms with Gasteiger partial charge in [-0.05, 0) is 12.8 Å². The molecule has 1 rings (SSSR count). The molecule has 0 radical (unpaired) electrons. The van der Waals surface area contributed by atoms with E-state index in [-0.39, 0.29) is 0 Å². The Hall–Kier alpha value is -1.25. The maximum Gasteiger partial charge on any atom is 0.203 e. The van der Waals surface area contributed by atoms with Gasteiger partial charge in [0.1, 0.15) is 0 Å². The Morgan fingerprint density at radius 3 is 2.75 bits per heavy atom. The third-order valence-electron chi connectivity index (χ3n) is 3.15. The lowest BCUT2D eigenvalue weighted by atomic mass is 9.96. The fourth-order valence-corrected chi connectivity index (χ4v) is 2.05. The minimum absolute atomic E-state index is 0.459. The average Bonchev–Trinajstić information content (AvgIpc) is 2.68. The second kappa shape index (κ2) is 6.36. The maximum absolute atomic E-state index is 4.33. The lowest BCUT2D eigenvalue weighted by molar-refractivity contribution is 0.435. The fraction of sp³-hybridized carbons (Fsp3) is 0.615. The summed E-state index contributed by atoms with van der Waals surface area (Å²) < 4.78 is 2.08. The van der Waals surface area contributed by atoms with Crippen LogP contribution in [0.5, 0.6) is 0 Å². The smallest absolute Gasteiger partial charge is 0.203 e. The molecule has 90 valence electrons. The summed E-state index contributed by atoms with van der Waals surface area (Å²) in [4.78, 5) is 4.33. The number of nitrogens with one attached hydrogen (secondary N) is 1. The second-order valence-electron chi connectivity index (χ2n) is 4.20. The molecule has 0 saturated heterocycles. The van der Waals surface area contributed by atoms with Crippen molar-refractivity contribution in [1.29, 1.82) is 0 Å². The summed E-state index contributed by atoms with van der Waals surface area (Å²) in [6.45, 7) is 11.3. The molecule has 1 atom stereocenters. The second-order valence-corrected chi connectivity index (χ2v) is 4.20. The number of nitrogens with zero attached hydrogens (tertiary/aromatic N) is 2. The highest BCUT2D eigenvalue weighted by molar-refractivity contribution is 5.27. The first-order valence-electron chi connectivity index (χ1n) is 6.11. The van der Waals surface area contributed by atoms with E-state index in [9.17, 15) is 0 Å². The lowest BCUT2D eigenvalue weighted by Crippen LogP contribution is -2.26. The van der Waals surface area contributed by atoms with Gasteiger partial charge < -0.3 is 9.88 Å². The molecular formula is C13H23N3. The monoisotopic (exact) mass is 221 g/mol. The minimum atomic E-state index is 0.459. The Labute approximate surface area is 98.6 Å². The summed E-state index contributed by atoms with van der Waals surface area (Å²) in [6, 6.07) is 0.459. The highest BCUT2D eigenvalue weighted by atomic mass is 15.2. The van der Waals surface area contributed by atoms with Crippen molar-refractivity contribution in [3.05, 3.63) is 25.0 Å². The molecule has 0 aliphatic carbocycles. The molecule has 0 amide bonds. The molecule has 1 heterocycles. The fourth-order valence-electron chi connectivity index (χ4n) is 2.05. The van der Waals surface area contributed by atoms with E-state index in [1.54, 1.807) is 0 Å². The number of allylic oxidation sites excluding steroid dienone is 1. The molecular weight excluding hydrogens is 198 g/mol. The van der Waals surface area contributed by atoms with Crippen LogP contribution in [0.1, 0.15) is 33.6 Å². The van der Waals surface area contributed by atoms with Crippen LogP contribution in [0.25, 0.3) is 0 Å². The zero-order valence-corrected chi connectivity index (χ0v) is 10.6. The number of hydrogen-bond donors (Lipinski definition) is 1. The number of hydrogen-bond acceptors (Lipinski definition) is 2. The Morgan fingerprint density at radius 1 is 1.50 bits per heavy atom. The van der Waals surface area contributed by atoms with E-state index in [2.05, 4.69) is 42.2 Å². The zero-order chi connectivity index (χ0) is 12.0. The van der Waals surface area contributed by atoms with Gasteiger partial charge >= 0.3 is 0 Å². The van der Waals surface area contributed by atoms with E-state index in [1.807, 2.05) is 18.5 Å². The first-order valence-corrected chi connectivity index (χ1v) is 6.11. The molecule has 1 aromatic heterocycles. The predicted molar refractivity (Wildman–Crippen MR) is 69.6 cm³/mol. The van der Waals surface area contributed by atoms with Gasteiger partial charge in [0.2, 0.25) is 5.95 Å². The molecule has 3 nitrogen and oxygen atoms in total. The molecule has 0 saturated carbocycles. The highest BCUT2D eigenvalue weighted by Gasteiger charge is 2.14. The van der Waals surface area contributed by atoms with Crippen molar-refractivity contribution < 1.29 is 0 Å². The first kappa shape index (κ1) is 12.8. The van der Waals surface area contributed by atoms with Gasteiger partial charge in [-0.1, -0.05) is 32.8 Å². The molecule has 0 aromatic carbocycles. The number of rotatable bonds is 7. The van der Waals surface area contributed by atoms with Crippen molar-refractivity contribution in [1.82, 2.24) is 9.55 Å². The Kier molecular flexibility index (Phi) is 5.09. The van der Waals surface area contributed by atoms with E-state index in [0.717, 1.165) is 12.5 Å². The summed E-state index contributed by atoms with van der Waals surface area (Å²) >= 11 is 0. The van der Waals surface area contributed by atoms with Gasteiger partial charge in [0.25, 0.3) is 0 Å². The first-order chi connectivity index (χ1) is 7.72. The third kappa shape index (κ3) is 3.12. The quantitative estimate of drug-likeness (QED) is 0.716. The van der Waals surface area contributed by atoms with Gasteiger partial charge in [-0.3, -0.25) is 0 Å². The average molecular weight is 221 g/mol. The topological polar surface area (TPSA) is 29.9 Å². The van der Waals surface area contributed by atoms with Crippen LogP contribution in [-0.2, 0) is 6.54 Å². The largest absolute Gasteiger partial charge is 0.353 e. The molecule has 1 N–H and O–H groups in total. The van der Waals surface area contributed by atoms with Crippen molar-refractivity contribution >= 4 is 5.95 Å². The van der Waals surface area contributed by atoms with Crippen molar-refractivity contribution in [3.8, 4) is 0 Å². The predicted octanol–water partition coefficient (Wildman–Crippen LogP) is 3.31. The van der Waals surface area contributed by atoms with Crippen molar-refractivity contribution in [2.24, 2.45) is 5.92 Å². The summed E-state index contributed by atoms with van der Waals surface area (Å²) in [6.07, 6.45) is 8.09. The van der Waals surface area contributed by atoms with Crippen LogP contribution in [0.4, 0.5) is 5.95 Å². The van der Waals surface area contributed by atoms with Gasteiger partial charge in [-0.25, -0.2) is 4.98 Å². The number of anilines is 1. The van der Waals surface area contributed by atoms with Gasteiger partial charge in [0.05, 0.1) is 0 Å². The van der Waals surface area contributed by atoms with E-state index >= 15 is 0 Å². The van der Waals surface area contributed by atoms with Crippen LogP contribution in [-0.4, -0.2) is 15.6 Å². The van der Waals surface area contributed by atoms with E-state index in [1.165, 1.54) is 12.8 Å². The van der Waals surface area contributed by atoms with Gasteiger partial charge in [0, 0.05) is 25.0 Å². The van der Waals surface area contributed by atoms with Crippen LogP contribution < -0.4 is 5.32 Å². The van der Waals surface area contributed by atoms with Crippen LogP contribution in [0.15, 0.2) is 25.0 Å². The number of aromatic nitrogens is 2. The molecule has 3 heteroatoms. The highest BCUT2D eigenvalue weighted by Crippen LogP contribution is 2.17. The van der Waals surface area contributed by atoms with Crippen LogP contribution in [0, 0.1) is 5.92 Å². The Bertz CT molecular complexity index is 313. The minimum Gasteiger partial charge on any atom is -0.353 e. The molecule has 16 heavy (non-hydrogen) atoms. The van der Waals surface area contributed by atoms with Gasteiger partial charge in [0.15, 0.2) is 0 Å². The molecule has 0 spiro atoms. The third-order valence-corrected chi connectivity index (χ3v) is 3.15. The summed E-state index contributed by atoms with van der Waals surface area (Å²) in [7, 11) is 0. The standard InChI is InChI=1S/C13H23N3/c1-5-9-16-10-8-14-13(16)15-11(4)12(6-2)7-3/h5,8,10-12H,1,6-7,9H2,2-4H3,(H,14,15). The summed E-state index contributed by atoms with van der Waals surface area (Å²) in [5.41, 5.74) is 0. The normalized spacial score (nSPS) is 12.8. The molecule has 0 fully saturated rings. The molecule has 1 unspecified atom stereocenters. The van der Waals surface area contributed by atoms with E-state index in [4.69, 9.17) is 0 Å². The SMILES string of the molecule is C=CCn1ccnc1NC(C)C(CC)CC. The summed E-state index contributed by atoms with van der Waals surface area (Å²) in [5, 5.41) is 3.48. The van der Waals surface area contributed by atoms with Gasteiger partial charge in [-0.2, -0.15) is 0 Å². The molecule has 1 aromatic rings. The van der Waals surface area contributed by atoms with Crippen LogP contribution in [0.3, 0.4) is 0 Å². The van der Waals surface area contributed by atoms with E-state index < -0.39 is 0 Å². The van der Waals surface area contributed by atoms with Crippen molar-refractivity contribution in [2.75, 3.05) is 5.32 Å². The van der Waals surface area contributed by atoms with Crippen LogP contribution in [0.2, 0.25) is 0 Å². The molecule has 0 bridgehead atoms.